The van der Waals surface area contributed by atoms with Crippen molar-refractivity contribution in [2.75, 3.05) is 52.7 Å². The molecule has 0 rings (SSSR count). The summed E-state index contributed by atoms with van der Waals surface area (Å²) >= 11 is 0. The van der Waals surface area contributed by atoms with Crippen molar-refractivity contribution in [1.29, 1.82) is 0 Å². The average molecular weight is 280 g/mol. The van der Waals surface area contributed by atoms with E-state index in [1.54, 1.807) is 0 Å². The van der Waals surface area contributed by atoms with Gasteiger partial charge < -0.3 is 35.1 Å². The fourth-order valence-electron chi connectivity index (χ4n) is 1.00. The number of carboxylic acid groups (broad SMARTS) is 2. The molecule has 0 fully saturated rings. The molecule has 0 bridgehead atoms. The molecule has 9 nitrogen and oxygen atoms in total. The predicted octanol–water partition coefficient (Wildman–Crippen LogP) is -0.429. The van der Waals surface area contributed by atoms with Crippen LogP contribution in [0.4, 0.5) is 9.59 Å². The van der Waals surface area contributed by atoms with Gasteiger partial charge in [0.25, 0.3) is 0 Å². The van der Waals surface area contributed by atoms with Crippen LogP contribution in [-0.4, -0.2) is 75.1 Å². The van der Waals surface area contributed by atoms with E-state index in [4.69, 9.17) is 24.4 Å². The lowest BCUT2D eigenvalue weighted by atomic mass is 10.6. The molecular weight excluding hydrogens is 260 g/mol. The maximum absolute atomic E-state index is 10.1. The summed E-state index contributed by atoms with van der Waals surface area (Å²) < 4.78 is 15.3. The van der Waals surface area contributed by atoms with Crippen molar-refractivity contribution in [2.45, 2.75) is 0 Å². The molecular formula is C10H20N2O7. The molecule has 112 valence electrons. The first-order valence-corrected chi connectivity index (χ1v) is 5.79. The van der Waals surface area contributed by atoms with Gasteiger partial charge in [-0.15, -0.1) is 0 Å². The second-order valence-electron chi connectivity index (χ2n) is 3.30. The quantitative estimate of drug-likeness (QED) is 0.357. The molecule has 19 heavy (non-hydrogen) atoms. The van der Waals surface area contributed by atoms with Crippen LogP contribution in [0, 0.1) is 0 Å². The number of nitrogens with one attached hydrogen (secondary N) is 2. The van der Waals surface area contributed by atoms with E-state index in [1.807, 2.05) is 0 Å². The van der Waals surface area contributed by atoms with Gasteiger partial charge in [0.05, 0.1) is 39.6 Å². The Morgan fingerprint density at radius 3 is 1.32 bits per heavy atom. The summed E-state index contributed by atoms with van der Waals surface area (Å²) in [4.78, 5) is 20.2. The van der Waals surface area contributed by atoms with Crippen LogP contribution in [0.3, 0.4) is 0 Å². The highest BCUT2D eigenvalue weighted by atomic mass is 16.5. The summed E-state index contributed by atoms with van der Waals surface area (Å²) in [6.45, 7) is 2.63. The zero-order valence-corrected chi connectivity index (χ0v) is 10.6. The van der Waals surface area contributed by atoms with Crippen molar-refractivity contribution >= 4 is 12.2 Å². The molecule has 0 aromatic carbocycles. The molecule has 0 aromatic heterocycles. The zero-order chi connectivity index (χ0) is 14.3. The predicted molar refractivity (Wildman–Crippen MR) is 64.5 cm³/mol. The summed E-state index contributed by atoms with van der Waals surface area (Å²) in [5.41, 5.74) is 0. The molecule has 0 radical (unpaired) electrons. The van der Waals surface area contributed by atoms with Gasteiger partial charge in [-0.2, -0.15) is 0 Å². The number of ether oxygens (including phenoxy) is 3. The third-order valence-electron chi connectivity index (χ3n) is 1.79. The number of hydrogen-bond acceptors (Lipinski definition) is 5. The zero-order valence-electron chi connectivity index (χ0n) is 10.6. The summed E-state index contributed by atoms with van der Waals surface area (Å²) in [6, 6.07) is 0. The van der Waals surface area contributed by atoms with Gasteiger partial charge in [-0.05, 0) is 0 Å². The lowest BCUT2D eigenvalue weighted by molar-refractivity contribution is 0.0159. The SMILES string of the molecule is O=C(O)NCCOCCOCCOCCNC(=O)O. The maximum Gasteiger partial charge on any atom is 0.404 e. The Hall–Kier alpha value is -1.58. The molecule has 2 amide bonds. The van der Waals surface area contributed by atoms with E-state index in [2.05, 4.69) is 10.6 Å². The Bertz CT molecular complexity index is 226. The van der Waals surface area contributed by atoms with Crippen molar-refractivity contribution < 1.29 is 34.0 Å². The van der Waals surface area contributed by atoms with Crippen LogP contribution in [0.1, 0.15) is 0 Å². The monoisotopic (exact) mass is 280 g/mol. The van der Waals surface area contributed by atoms with Crippen LogP contribution in [0.25, 0.3) is 0 Å². The topological polar surface area (TPSA) is 126 Å². The van der Waals surface area contributed by atoms with Crippen molar-refractivity contribution in [3.05, 3.63) is 0 Å². The molecule has 0 spiro atoms. The van der Waals surface area contributed by atoms with E-state index < -0.39 is 12.2 Å². The van der Waals surface area contributed by atoms with Crippen molar-refractivity contribution in [3.63, 3.8) is 0 Å². The molecule has 0 saturated carbocycles. The molecule has 0 aliphatic rings. The number of carbonyl (C=O) groups is 2. The van der Waals surface area contributed by atoms with Crippen LogP contribution < -0.4 is 10.6 Å². The minimum atomic E-state index is -1.07. The third kappa shape index (κ3) is 16.4. The Balaban J connectivity index is 2.99. The van der Waals surface area contributed by atoms with Crippen LogP contribution in [-0.2, 0) is 14.2 Å². The van der Waals surface area contributed by atoms with Gasteiger partial charge in [0, 0.05) is 13.1 Å². The Morgan fingerprint density at radius 2 is 1.00 bits per heavy atom. The van der Waals surface area contributed by atoms with Gasteiger partial charge in [0.2, 0.25) is 0 Å². The number of amides is 2. The molecule has 0 saturated heterocycles. The van der Waals surface area contributed by atoms with Crippen molar-refractivity contribution in [3.8, 4) is 0 Å². The van der Waals surface area contributed by atoms with Crippen LogP contribution in [0.15, 0.2) is 0 Å². The van der Waals surface area contributed by atoms with E-state index in [0.29, 0.717) is 39.6 Å². The van der Waals surface area contributed by atoms with Gasteiger partial charge >= 0.3 is 12.2 Å². The molecule has 0 heterocycles. The van der Waals surface area contributed by atoms with E-state index in [1.165, 1.54) is 0 Å². The molecule has 0 unspecified atom stereocenters. The van der Waals surface area contributed by atoms with E-state index in [-0.39, 0.29) is 13.1 Å². The summed E-state index contributed by atoms with van der Waals surface area (Å²) in [5.74, 6) is 0. The van der Waals surface area contributed by atoms with Crippen LogP contribution >= 0.6 is 0 Å². The van der Waals surface area contributed by atoms with Gasteiger partial charge in [-0.1, -0.05) is 0 Å². The lowest BCUT2D eigenvalue weighted by Crippen LogP contribution is -2.26. The van der Waals surface area contributed by atoms with E-state index >= 15 is 0 Å². The highest BCUT2D eigenvalue weighted by molar-refractivity contribution is 5.64. The summed E-state index contributed by atoms with van der Waals surface area (Å²) in [7, 11) is 0. The van der Waals surface area contributed by atoms with E-state index in [0.717, 1.165) is 0 Å². The summed E-state index contributed by atoms with van der Waals surface area (Å²) in [6.07, 6.45) is -2.15. The standard InChI is InChI=1S/C10H20N2O7/c13-9(14)11-1-3-17-5-7-19-8-6-18-4-2-12-10(15)16/h11-12H,1-8H2,(H,13,14)(H,15,16). The first-order chi connectivity index (χ1) is 9.13. The second kappa shape index (κ2) is 12.9. The Morgan fingerprint density at radius 1 is 0.684 bits per heavy atom. The molecule has 0 aliphatic carbocycles. The summed E-state index contributed by atoms with van der Waals surface area (Å²) in [5, 5.41) is 20.9. The first-order valence-electron chi connectivity index (χ1n) is 5.79. The Labute approximate surface area is 110 Å². The Kier molecular flexibility index (Phi) is 11.8. The largest absolute Gasteiger partial charge is 0.465 e. The first kappa shape index (κ1) is 17.4. The average Bonchev–Trinajstić information content (AvgIpc) is 2.34. The van der Waals surface area contributed by atoms with Gasteiger partial charge in [-0.25, -0.2) is 9.59 Å². The maximum atomic E-state index is 10.1. The molecule has 0 atom stereocenters. The molecule has 4 N–H and O–H groups in total. The third-order valence-corrected chi connectivity index (χ3v) is 1.79. The molecule has 0 aromatic rings. The van der Waals surface area contributed by atoms with Crippen LogP contribution in [0.2, 0.25) is 0 Å². The number of hydrogen-bond donors (Lipinski definition) is 4. The van der Waals surface area contributed by atoms with Gasteiger partial charge in [-0.3, -0.25) is 0 Å². The fourth-order valence-corrected chi connectivity index (χ4v) is 1.00. The highest BCUT2D eigenvalue weighted by Gasteiger charge is 1.95. The van der Waals surface area contributed by atoms with Gasteiger partial charge in [0.15, 0.2) is 0 Å². The van der Waals surface area contributed by atoms with Crippen molar-refractivity contribution in [1.82, 2.24) is 10.6 Å². The normalized spacial score (nSPS) is 10.1. The van der Waals surface area contributed by atoms with Crippen molar-refractivity contribution in [2.24, 2.45) is 0 Å². The molecule has 0 aliphatic heterocycles. The number of rotatable bonds is 12. The molecule has 9 heteroatoms. The highest BCUT2D eigenvalue weighted by Crippen LogP contribution is 1.81. The smallest absolute Gasteiger partial charge is 0.404 e. The minimum Gasteiger partial charge on any atom is -0.465 e. The van der Waals surface area contributed by atoms with Crippen LogP contribution in [0.5, 0.6) is 0 Å². The van der Waals surface area contributed by atoms with Gasteiger partial charge in [0.1, 0.15) is 0 Å². The van der Waals surface area contributed by atoms with E-state index in [9.17, 15) is 9.59 Å². The minimum absolute atomic E-state index is 0.245. The second-order valence-corrected chi connectivity index (χ2v) is 3.30. The lowest BCUT2D eigenvalue weighted by Gasteiger charge is -2.06. The fraction of sp³-hybridized carbons (Fsp3) is 0.800.